The van der Waals surface area contributed by atoms with E-state index in [9.17, 15) is 9.59 Å². The van der Waals surface area contributed by atoms with Gasteiger partial charge in [0.15, 0.2) is 5.78 Å². The van der Waals surface area contributed by atoms with Crippen molar-refractivity contribution in [2.24, 2.45) is 0 Å². The van der Waals surface area contributed by atoms with E-state index < -0.39 is 0 Å². The molecule has 0 bridgehead atoms. The molecule has 390 valence electrons. The van der Waals surface area contributed by atoms with Gasteiger partial charge in [0.2, 0.25) is 11.9 Å². The van der Waals surface area contributed by atoms with Crippen LogP contribution in [0.4, 0.5) is 23.3 Å². The molecule has 1 amide bonds. The van der Waals surface area contributed by atoms with Gasteiger partial charge in [0.1, 0.15) is 4.88 Å². The molecule has 0 spiro atoms. The molecule has 2 saturated heterocycles. The number of rotatable bonds is 15. The molecule has 2 aliphatic rings. The number of hydrogen-bond donors (Lipinski definition) is 4. The second-order valence-corrected chi connectivity index (χ2v) is 23.6. The number of carbonyl (C=O) groups excluding carboxylic acids is 2. The van der Waals surface area contributed by atoms with Gasteiger partial charge in [0, 0.05) is 79.0 Å². The van der Waals surface area contributed by atoms with Gasteiger partial charge in [0.05, 0.1) is 68.3 Å². The van der Waals surface area contributed by atoms with Crippen LogP contribution in [0.3, 0.4) is 0 Å². The molecule has 2 aromatic carbocycles. The Morgan fingerprint density at radius 2 is 1.25 bits per heavy atom. The smallest absolute Gasteiger partial charge is 0.263 e. The molecule has 10 rings (SSSR count). The summed E-state index contributed by atoms with van der Waals surface area (Å²) >= 11 is 2.95. The molecule has 2 atom stereocenters. The van der Waals surface area contributed by atoms with E-state index in [2.05, 4.69) is 136 Å². The topological polar surface area (TPSA) is 198 Å². The number of amides is 1. The first-order valence-electron chi connectivity index (χ1n) is 25.5. The third-order valence-corrected chi connectivity index (χ3v) is 16.2. The maximum Gasteiger partial charge on any atom is 0.263 e. The number of benzene rings is 2. The summed E-state index contributed by atoms with van der Waals surface area (Å²) < 4.78 is 4.02. The lowest BCUT2D eigenvalue weighted by Crippen LogP contribution is -2.22. The normalized spacial score (nSPS) is 15.9. The van der Waals surface area contributed by atoms with Crippen molar-refractivity contribution in [1.82, 2.24) is 65.0 Å². The van der Waals surface area contributed by atoms with Crippen molar-refractivity contribution >= 4 is 57.6 Å². The Balaban J connectivity index is 0.000000184. The van der Waals surface area contributed by atoms with Gasteiger partial charge in [-0.15, -0.1) is 22.7 Å². The van der Waals surface area contributed by atoms with Gasteiger partial charge in [-0.2, -0.15) is 10.2 Å². The molecule has 0 unspecified atom stereocenters. The van der Waals surface area contributed by atoms with Crippen LogP contribution in [0.15, 0.2) is 98.1 Å². The fraction of sp³-hybridized carbons (Fsp3) is 0.393. The van der Waals surface area contributed by atoms with Crippen molar-refractivity contribution in [1.29, 1.82) is 0 Å². The fourth-order valence-corrected chi connectivity index (χ4v) is 10.7. The zero-order valence-corrected chi connectivity index (χ0v) is 45.9. The van der Waals surface area contributed by atoms with Crippen LogP contribution in [0.1, 0.15) is 125 Å². The predicted molar refractivity (Wildman–Crippen MR) is 299 cm³/mol. The first kappa shape index (κ1) is 52.8. The van der Waals surface area contributed by atoms with Crippen LogP contribution in [0.25, 0.3) is 22.5 Å². The molecule has 0 saturated carbocycles. The Bertz CT molecular complexity index is 3260. The molecule has 6 aromatic heterocycles. The highest BCUT2D eigenvalue weighted by molar-refractivity contribution is 7.14. The number of Topliss-reactive ketones (excluding diaryl/α,β-unsaturated/α-hetero) is 1. The minimum absolute atomic E-state index is 0.0405. The summed E-state index contributed by atoms with van der Waals surface area (Å²) in [5.41, 5.74) is 9.75. The highest BCUT2D eigenvalue weighted by atomic mass is 32.1. The van der Waals surface area contributed by atoms with Gasteiger partial charge < -0.3 is 26.2 Å². The molecule has 8 aromatic rings. The number of likely N-dealkylation sites (tertiary alicyclic amines) is 1. The van der Waals surface area contributed by atoms with Crippen LogP contribution in [0.2, 0.25) is 0 Å². The monoisotopic (exact) mass is 1050 g/mol. The van der Waals surface area contributed by atoms with Gasteiger partial charge in [-0.05, 0) is 99.8 Å². The van der Waals surface area contributed by atoms with Gasteiger partial charge in [-0.1, -0.05) is 65.8 Å². The highest BCUT2D eigenvalue weighted by Gasteiger charge is 2.24. The molecule has 0 radical (unpaired) electrons. The fourth-order valence-electron chi connectivity index (χ4n) is 8.91. The van der Waals surface area contributed by atoms with Crippen LogP contribution >= 0.6 is 22.7 Å². The third-order valence-electron chi connectivity index (χ3n) is 13.3. The first-order chi connectivity index (χ1) is 35.9. The van der Waals surface area contributed by atoms with Gasteiger partial charge in [-0.3, -0.25) is 19.0 Å². The van der Waals surface area contributed by atoms with Crippen molar-refractivity contribution in [2.75, 3.05) is 43.9 Å². The Hall–Kier alpha value is -7.06. The van der Waals surface area contributed by atoms with Crippen LogP contribution < -0.4 is 21.3 Å². The lowest BCUT2D eigenvalue weighted by atomic mass is 9.98. The van der Waals surface area contributed by atoms with Crippen LogP contribution in [0, 0.1) is 13.8 Å². The van der Waals surface area contributed by atoms with Crippen molar-refractivity contribution < 1.29 is 9.59 Å². The zero-order chi connectivity index (χ0) is 52.9. The van der Waals surface area contributed by atoms with Crippen LogP contribution in [0.5, 0.6) is 0 Å². The number of hydrogen-bond acceptors (Lipinski definition) is 16. The number of thiazole rings is 2. The number of anilines is 4. The second kappa shape index (κ2) is 22.8. The minimum atomic E-state index is -0.101. The van der Waals surface area contributed by atoms with E-state index in [1.165, 1.54) is 28.2 Å². The SMILES string of the molecule is Cc1cc(-c2ccnc(Nc3cnn([C@@H]4CCN(C)C4)c3)n2)ccc1CNC(=O)c1cnc(C(C)(C)C)s1.Cc1cc(-c2ccnc(Nc3cnn([C@@H]4CCNC4)c3)n2)ccc1CCC(=O)c1cnc(C(C)(C)C)s1. The lowest BCUT2D eigenvalue weighted by Gasteiger charge is -2.13. The summed E-state index contributed by atoms with van der Waals surface area (Å²) in [4.78, 5) is 56.2. The number of nitrogens with one attached hydrogen (secondary N) is 4. The third kappa shape index (κ3) is 13.4. The average molecular weight is 1050 g/mol. The van der Waals surface area contributed by atoms with E-state index in [1.807, 2.05) is 65.3 Å². The Labute approximate surface area is 447 Å². The first-order valence-corrected chi connectivity index (χ1v) is 27.2. The van der Waals surface area contributed by atoms with E-state index in [-0.39, 0.29) is 22.5 Å². The van der Waals surface area contributed by atoms with Gasteiger partial charge in [-0.25, -0.2) is 29.9 Å². The number of nitrogens with zero attached hydrogens (tertiary/aromatic N) is 11. The summed E-state index contributed by atoms with van der Waals surface area (Å²) in [7, 11) is 2.14. The number of ketones is 1. The summed E-state index contributed by atoms with van der Waals surface area (Å²) in [6.45, 7) is 21.3. The maximum atomic E-state index is 12.8. The Kier molecular flexibility index (Phi) is 16.1. The molecule has 8 heterocycles. The molecule has 19 heteroatoms. The average Bonchev–Trinajstić information content (AvgIpc) is 4.24. The van der Waals surface area contributed by atoms with Gasteiger partial charge in [0.25, 0.3) is 5.91 Å². The van der Waals surface area contributed by atoms with E-state index in [0.717, 1.165) is 104 Å². The van der Waals surface area contributed by atoms with E-state index >= 15 is 0 Å². The second-order valence-electron chi connectivity index (χ2n) is 21.5. The highest BCUT2D eigenvalue weighted by Crippen LogP contribution is 2.31. The summed E-state index contributed by atoms with van der Waals surface area (Å²) in [6.07, 6.45) is 17.9. The standard InChI is InChI=1S/C28H34N8OS.C28H33N7OS/c1-18-12-19(6-7-20(18)13-30-25(37)24-15-31-26(38-24)28(2,3)4)23-8-10-29-27(34-23)33-21-14-32-36(16-21)22-9-11-35(5)17-22;1-18-13-20(6-5-19(18)7-8-24(36)25-16-31-26(37-25)28(2,3)4)23-10-12-30-27(34-23)33-21-14-32-35(17-21)22-9-11-29-15-22/h6-8,10,12,14-16,22H,9,11,13,17H2,1-5H3,(H,30,37)(H,29,33,34);5-6,10,12-14,16-17,22,29H,7-9,11,15H2,1-4H3,(H,30,33,34)/t2*22-/m11/s1. The Morgan fingerprint density at radius 3 is 1.77 bits per heavy atom. The molecular weight excluding hydrogens is 979 g/mol. The molecule has 17 nitrogen and oxygen atoms in total. The molecular formula is C56H67N15O2S2. The van der Waals surface area contributed by atoms with Crippen LogP contribution in [-0.4, -0.2) is 99.3 Å². The Morgan fingerprint density at radius 1 is 0.693 bits per heavy atom. The van der Waals surface area contributed by atoms with Crippen molar-refractivity contribution in [3.05, 3.63) is 140 Å². The van der Waals surface area contributed by atoms with E-state index in [4.69, 9.17) is 9.97 Å². The summed E-state index contributed by atoms with van der Waals surface area (Å²) in [5.74, 6) is 1.11. The van der Waals surface area contributed by atoms with Crippen LogP contribution in [-0.2, 0) is 23.8 Å². The van der Waals surface area contributed by atoms with Crippen molar-refractivity contribution in [2.45, 2.75) is 111 Å². The largest absolute Gasteiger partial charge is 0.347 e. The minimum Gasteiger partial charge on any atom is -0.347 e. The summed E-state index contributed by atoms with van der Waals surface area (Å²) in [6, 6.07) is 17.0. The molecule has 75 heavy (non-hydrogen) atoms. The maximum absolute atomic E-state index is 12.8. The predicted octanol–water partition coefficient (Wildman–Crippen LogP) is 10.4. The molecule has 4 N–H and O–H groups in total. The van der Waals surface area contributed by atoms with Crippen molar-refractivity contribution in [3.63, 3.8) is 0 Å². The molecule has 2 fully saturated rings. The van der Waals surface area contributed by atoms with E-state index in [0.29, 0.717) is 48.2 Å². The quantitative estimate of drug-likeness (QED) is 0.0707. The van der Waals surface area contributed by atoms with E-state index in [1.54, 1.807) is 24.8 Å². The number of aryl methyl sites for hydroxylation is 3. The molecule has 0 aliphatic carbocycles. The molecule has 2 aliphatic heterocycles. The number of aromatic nitrogens is 10. The lowest BCUT2D eigenvalue weighted by molar-refractivity contribution is 0.0952. The van der Waals surface area contributed by atoms with Gasteiger partial charge >= 0.3 is 0 Å². The summed E-state index contributed by atoms with van der Waals surface area (Å²) in [5, 5.41) is 23.9. The van der Waals surface area contributed by atoms with Crippen molar-refractivity contribution in [3.8, 4) is 22.5 Å². The zero-order valence-electron chi connectivity index (χ0n) is 44.3. The number of likely N-dealkylation sites (N-methyl/N-ethyl adjacent to an activating group) is 1. The number of carbonyl (C=O) groups is 2.